The normalized spacial score (nSPS) is 33.1. The lowest BCUT2D eigenvalue weighted by Gasteiger charge is -2.54. The molecule has 104 heavy (non-hydrogen) atoms. The standard InChI is InChI=1S/C78H128Cl2N12O12/c1-16-23-59-68(95)82-66(50(6)17-2)74(101)90(54-33-34-54)39-38-85(11)60-26-19-18-22-37-91(73(60)100)63(41-52-29-27-49(5)28-30-52)72(99)86(12)45-64(93)81-58(36-32-51-31-35-56(79)57(80)40-51)70(97)92-44-55(104-48(3)4)42-61(92)69(96)83-78(46-77(7,8)47-78)76(103)89(15)67(53-24-20-21-25-53)75(102)88(14)62(71(98)84(9)10)43-65(94)87(59)13/h18-19,48-63,66-67H,16-17,20-47H2,1-15H3,(H,81,93)(H,82,95)(H,83,96)/b19-18-/t49?,50-,51?,52?,55+,56?,57?,58-,59-,60-,61-,62-,63-,66-,67-/m0/s1. The van der Waals surface area contributed by atoms with Gasteiger partial charge in [-0.25, -0.2) is 0 Å². The zero-order valence-corrected chi connectivity index (χ0v) is 67.0. The molecular formula is C78H128Cl2N12O12. The van der Waals surface area contributed by atoms with Crippen molar-refractivity contribution in [3.8, 4) is 0 Å². The van der Waals surface area contributed by atoms with Crippen molar-refractivity contribution in [1.82, 2.24) is 60.0 Å². The number of ether oxygens (including phenoxy) is 1. The first-order chi connectivity index (χ1) is 49.1. The van der Waals surface area contributed by atoms with Gasteiger partial charge in [-0.3, -0.25) is 57.6 Å². The maximum Gasteiger partial charge on any atom is 0.248 e. The average molecular weight is 1500 g/mol. The number of hydrogen-bond acceptors (Lipinski definition) is 13. The van der Waals surface area contributed by atoms with Gasteiger partial charge in [-0.15, -0.1) is 23.2 Å². The van der Waals surface area contributed by atoms with E-state index < -0.39 is 132 Å². The van der Waals surface area contributed by atoms with Gasteiger partial charge in [-0.05, 0) is 152 Å². The van der Waals surface area contributed by atoms with Crippen LogP contribution in [-0.4, -0.2) is 274 Å². The van der Waals surface area contributed by atoms with Crippen LogP contribution in [-0.2, 0) is 57.5 Å². The zero-order valence-electron chi connectivity index (χ0n) is 65.4. The van der Waals surface area contributed by atoms with Crippen molar-refractivity contribution < 1.29 is 57.5 Å². The number of amides is 11. The van der Waals surface area contributed by atoms with Crippen LogP contribution in [0.4, 0.5) is 0 Å². The Labute approximate surface area is 630 Å². The molecule has 7 fully saturated rings. The monoisotopic (exact) mass is 1490 g/mol. The highest BCUT2D eigenvalue weighted by Crippen LogP contribution is 2.50. The molecule has 8 rings (SSSR count). The molecule has 24 nitrogen and oxygen atoms in total. The van der Waals surface area contributed by atoms with Gasteiger partial charge in [0.05, 0.1) is 36.6 Å². The van der Waals surface area contributed by atoms with Crippen molar-refractivity contribution in [2.45, 2.75) is 299 Å². The molecule has 11 amide bonds. The third-order valence-corrected chi connectivity index (χ3v) is 25.6. The molecule has 5 saturated carbocycles. The van der Waals surface area contributed by atoms with Crippen molar-refractivity contribution in [3.05, 3.63) is 12.2 Å². The minimum Gasteiger partial charge on any atom is -0.374 e. The second-order valence-corrected chi connectivity index (χ2v) is 35.0. The molecule has 3 unspecified atom stereocenters. The lowest BCUT2D eigenvalue weighted by Crippen LogP contribution is -2.71. The molecule has 2 saturated heterocycles. The molecular weight excluding hydrogens is 1370 g/mol. The number of fused-ring (bicyclic) bond motifs is 3. The van der Waals surface area contributed by atoms with Crippen LogP contribution in [0.3, 0.4) is 0 Å². The molecule has 0 aromatic carbocycles. The fourth-order valence-electron chi connectivity index (χ4n) is 18.0. The van der Waals surface area contributed by atoms with Crippen molar-refractivity contribution in [1.29, 1.82) is 0 Å². The topological polar surface area (TPSA) is 262 Å². The van der Waals surface area contributed by atoms with E-state index in [2.05, 4.69) is 22.9 Å². The van der Waals surface area contributed by atoms with Gasteiger partial charge in [0.15, 0.2) is 0 Å². The van der Waals surface area contributed by atoms with Gasteiger partial charge in [0.1, 0.15) is 47.8 Å². The number of halogens is 2. The van der Waals surface area contributed by atoms with E-state index in [-0.39, 0.29) is 117 Å². The Hall–Kier alpha value is -5.59. The molecule has 13 atom stereocenters. The minimum absolute atomic E-state index is 0.0120. The minimum atomic E-state index is -1.56. The molecule has 0 aromatic rings. The van der Waals surface area contributed by atoms with E-state index in [0.29, 0.717) is 70.1 Å². The summed E-state index contributed by atoms with van der Waals surface area (Å²) in [5.74, 6) is -5.46. The molecule has 3 aliphatic heterocycles. The predicted molar refractivity (Wildman–Crippen MR) is 401 cm³/mol. The SMILES string of the molecule is CCC[C@H]1C(=O)N[C@@H]([C@@H](C)CC)C(=O)N(C2CC2)CCN(C)[C@H]2C/C=C\CCN(C2=O)[C@@H](CC2CCC(C)CC2)C(=O)N(C)CC(=O)N[C@@H](CCC2CCC(Cl)C(Cl)C2)C(=O)N2C[C@H](OC(C)C)C[C@H]2C(=O)NC2(CC(C)(C)C2)C(=O)N(C)[C@@H](C2CCCC2)C(=O)N(C)[C@H](C(=O)N(C)C)CC(=O)N1C. The fourth-order valence-corrected chi connectivity index (χ4v) is 18.6. The maximum absolute atomic E-state index is 15.9. The Kier molecular flexibility index (Phi) is 29.9. The quantitative estimate of drug-likeness (QED) is 0.114. The Bertz CT molecular complexity index is 3060. The lowest BCUT2D eigenvalue weighted by molar-refractivity contribution is -0.161. The van der Waals surface area contributed by atoms with Gasteiger partial charge in [0, 0.05) is 86.3 Å². The van der Waals surface area contributed by atoms with Gasteiger partial charge >= 0.3 is 0 Å². The number of rotatable bonds is 14. The van der Waals surface area contributed by atoms with Gasteiger partial charge in [-0.2, -0.15) is 0 Å². The summed E-state index contributed by atoms with van der Waals surface area (Å²) in [5, 5.41) is 8.83. The fraction of sp³-hybridized carbons (Fsp3) is 0.833. The number of nitrogens with zero attached hydrogens (tertiary/aromatic N) is 9. The Balaban J connectivity index is 1.20. The van der Waals surface area contributed by atoms with E-state index >= 15 is 33.6 Å². The number of nitrogens with one attached hydrogen (secondary N) is 3. The van der Waals surface area contributed by atoms with E-state index in [9.17, 15) is 19.2 Å². The summed E-state index contributed by atoms with van der Waals surface area (Å²) in [5.41, 5.74) is -2.02. The summed E-state index contributed by atoms with van der Waals surface area (Å²) < 4.78 is 6.40. The highest BCUT2D eigenvalue weighted by atomic mass is 35.5. The van der Waals surface area contributed by atoms with Crippen LogP contribution in [0.5, 0.6) is 0 Å². The molecule has 3 N–H and O–H groups in total. The van der Waals surface area contributed by atoms with Crippen LogP contribution in [0.2, 0.25) is 0 Å². The summed E-state index contributed by atoms with van der Waals surface area (Å²) in [7, 11) is 11.0. The van der Waals surface area contributed by atoms with Crippen LogP contribution in [0.25, 0.3) is 0 Å². The summed E-state index contributed by atoms with van der Waals surface area (Å²) in [6.45, 7) is 16.0. The van der Waals surface area contributed by atoms with Crippen LogP contribution in [0.15, 0.2) is 12.2 Å². The Morgan fingerprint density at radius 1 is 0.663 bits per heavy atom. The zero-order chi connectivity index (χ0) is 76.4. The van der Waals surface area contributed by atoms with Gasteiger partial charge in [0.2, 0.25) is 65.0 Å². The van der Waals surface area contributed by atoms with Crippen molar-refractivity contribution in [2.75, 3.05) is 82.1 Å². The first kappa shape index (κ1) is 84.0. The molecule has 3 heterocycles. The largest absolute Gasteiger partial charge is 0.374 e. The van der Waals surface area contributed by atoms with Crippen molar-refractivity contribution in [3.63, 3.8) is 0 Å². The van der Waals surface area contributed by atoms with Crippen LogP contribution < -0.4 is 16.0 Å². The number of carbonyl (C=O) groups is 11. The van der Waals surface area contributed by atoms with Gasteiger partial charge < -0.3 is 59.9 Å². The summed E-state index contributed by atoms with van der Waals surface area (Å²) in [6, 6.07) is -8.73. The number of alkyl halides is 2. The third-order valence-electron chi connectivity index (χ3n) is 24.4. The van der Waals surface area contributed by atoms with Crippen LogP contribution in [0.1, 0.15) is 216 Å². The summed E-state index contributed by atoms with van der Waals surface area (Å²) >= 11 is 13.4. The lowest BCUT2D eigenvalue weighted by atomic mass is 9.58. The Morgan fingerprint density at radius 3 is 1.93 bits per heavy atom. The molecule has 586 valence electrons. The van der Waals surface area contributed by atoms with Crippen LogP contribution >= 0.6 is 23.2 Å². The number of likely N-dealkylation sites (N-methyl/N-ethyl adjacent to an activating group) is 6. The number of hydrogen-bond donors (Lipinski definition) is 3. The van der Waals surface area contributed by atoms with E-state index in [0.717, 1.165) is 57.8 Å². The van der Waals surface area contributed by atoms with Gasteiger partial charge in [0.25, 0.3) is 0 Å². The van der Waals surface area contributed by atoms with E-state index in [4.69, 9.17) is 27.9 Å². The number of carbonyl (C=O) groups excluding carboxylic acids is 11. The highest BCUT2D eigenvalue weighted by molar-refractivity contribution is 6.30. The Morgan fingerprint density at radius 2 is 1.33 bits per heavy atom. The molecule has 5 aliphatic carbocycles. The molecule has 8 aliphatic rings. The molecule has 0 aromatic heterocycles. The smallest absolute Gasteiger partial charge is 0.248 e. The van der Waals surface area contributed by atoms with E-state index in [1.165, 1.54) is 57.6 Å². The average Bonchev–Trinajstić information content (AvgIpc) is 0.769. The molecule has 2 bridgehead atoms. The van der Waals surface area contributed by atoms with Crippen LogP contribution in [0, 0.1) is 35.0 Å². The van der Waals surface area contributed by atoms with Crippen molar-refractivity contribution in [2.24, 2.45) is 35.0 Å². The first-order valence-corrected chi connectivity index (χ1v) is 40.4. The van der Waals surface area contributed by atoms with Crippen molar-refractivity contribution >= 4 is 88.2 Å². The highest BCUT2D eigenvalue weighted by Gasteiger charge is 2.59. The third kappa shape index (κ3) is 20.8. The van der Waals surface area contributed by atoms with E-state index in [1.54, 1.807) is 19.0 Å². The maximum atomic E-state index is 15.9. The first-order valence-electron chi connectivity index (χ1n) is 39.5. The second kappa shape index (κ2) is 37.0. The summed E-state index contributed by atoms with van der Waals surface area (Å²) in [4.78, 5) is 183. The van der Waals surface area contributed by atoms with Gasteiger partial charge in [-0.1, -0.05) is 105 Å². The second-order valence-electron chi connectivity index (χ2n) is 33.9. The molecule has 1 spiro atoms. The molecule has 26 heteroatoms. The summed E-state index contributed by atoms with van der Waals surface area (Å²) in [6.07, 6.45) is 16.1. The van der Waals surface area contributed by atoms with E-state index in [1.807, 2.05) is 77.5 Å². The molecule has 0 radical (unpaired) electrons. The predicted octanol–water partition coefficient (Wildman–Crippen LogP) is 7.34.